The summed E-state index contributed by atoms with van der Waals surface area (Å²) < 4.78 is 4.91. The maximum Gasteiger partial charge on any atom is 0.293 e. The van der Waals surface area contributed by atoms with Crippen LogP contribution in [0.5, 0.6) is 0 Å². The standard InChI is InChI=1S/C11H16N4O2/c16-9-17-7-11(10-5-13-8-14-6-10)15-3-1-12-2-4-15/h5-6,8-9,11-12H,1-4,7H2. The van der Waals surface area contributed by atoms with Crippen molar-refractivity contribution in [1.82, 2.24) is 20.2 Å². The van der Waals surface area contributed by atoms with Crippen LogP contribution in [0, 0.1) is 0 Å². The van der Waals surface area contributed by atoms with E-state index in [1.165, 1.54) is 6.33 Å². The van der Waals surface area contributed by atoms with Gasteiger partial charge in [-0.1, -0.05) is 0 Å². The molecule has 2 rings (SSSR count). The van der Waals surface area contributed by atoms with E-state index < -0.39 is 0 Å². The minimum atomic E-state index is 0.0449. The summed E-state index contributed by atoms with van der Waals surface area (Å²) in [5.74, 6) is 0. The van der Waals surface area contributed by atoms with Gasteiger partial charge in [0.05, 0.1) is 6.04 Å². The van der Waals surface area contributed by atoms with E-state index in [1.807, 2.05) is 0 Å². The topological polar surface area (TPSA) is 67.3 Å². The molecule has 0 radical (unpaired) electrons. The summed E-state index contributed by atoms with van der Waals surface area (Å²) in [5.41, 5.74) is 0.983. The molecule has 1 fully saturated rings. The molecular weight excluding hydrogens is 220 g/mol. The van der Waals surface area contributed by atoms with Gasteiger partial charge in [-0.05, 0) is 0 Å². The summed E-state index contributed by atoms with van der Waals surface area (Å²) in [6, 6.07) is 0.0449. The molecule has 0 aromatic carbocycles. The fraction of sp³-hybridized carbons (Fsp3) is 0.545. The number of nitrogens with zero attached hydrogens (tertiary/aromatic N) is 3. The van der Waals surface area contributed by atoms with Gasteiger partial charge >= 0.3 is 0 Å². The number of hydrogen-bond acceptors (Lipinski definition) is 6. The summed E-state index contributed by atoms with van der Waals surface area (Å²) in [5, 5.41) is 3.29. The molecule has 92 valence electrons. The van der Waals surface area contributed by atoms with Crippen LogP contribution in [0.15, 0.2) is 18.7 Å². The molecule has 17 heavy (non-hydrogen) atoms. The van der Waals surface area contributed by atoms with Gasteiger partial charge in [0, 0.05) is 44.1 Å². The van der Waals surface area contributed by atoms with Crippen LogP contribution in [0.4, 0.5) is 0 Å². The van der Waals surface area contributed by atoms with Gasteiger partial charge < -0.3 is 10.1 Å². The number of nitrogens with one attached hydrogen (secondary N) is 1. The van der Waals surface area contributed by atoms with Gasteiger partial charge in [-0.3, -0.25) is 9.69 Å². The molecule has 0 saturated carbocycles. The van der Waals surface area contributed by atoms with E-state index in [-0.39, 0.29) is 6.04 Å². The van der Waals surface area contributed by atoms with Gasteiger partial charge in [0.2, 0.25) is 0 Å². The SMILES string of the molecule is O=COCC(c1cncnc1)N1CCNCC1. The minimum absolute atomic E-state index is 0.0449. The second-order valence-electron chi connectivity index (χ2n) is 3.90. The third kappa shape index (κ3) is 3.21. The van der Waals surface area contributed by atoms with Gasteiger partial charge in [-0.25, -0.2) is 9.97 Å². The average Bonchev–Trinajstić information content (AvgIpc) is 2.42. The lowest BCUT2D eigenvalue weighted by molar-refractivity contribution is -0.130. The smallest absolute Gasteiger partial charge is 0.293 e. The Morgan fingerprint density at radius 3 is 2.76 bits per heavy atom. The van der Waals surface area contributed by atoms with Crippen LogP contribution in [0.25, 0.3) is 0 Å². The summed E-state index contributed by atoms with van der Waals surface area (Å²) >= 11 is 0. The second kappa shape index (κ2) is 6.27. The van der Waals surface area contributed by atoms with E-state index in [4.69, 9.17) is 4.74 Å². The summed E-state index contributed by atoms with van der Waals surface area (Å²) in [6.45, 7) is 4.59. The first-order valence-corrected chi connectivity index (χ1v) is 5.66. The maximum absolute atomic E-state index is 10.3. The van der Waals surface area contributed by atoms with E-state index >= 15 is 0 Å². The Morgan fingerprint density at radius 2 is 2.12 bits per heavy atom. The van der Waals surface area contributed by atoms with Crippen molar-refractivity contribution in [2.75, 3.05) is 32.8 Å². The van der Waals surface area contributed by atoms with E-state index in [2.05, 4.69) is 20.2 Å². The molecule has 1 aliphatic rings. The molecule has 1 atom stereocenters. The molecule has 1 aromatic heterocycles. The third-order valence-electron chi connectivity index (χ3n) is 2.88. The monoisotopic (exact) mass is 236 g/mol. The molecule has 6 heteroatoms. The number of rotatable bonds is 5. The zero-order valence-electron chi connectivity index (χ0n) is 9.58. The Kier molecular flexibility index (Phi) is 4.40. The molecular formula is C11H16N4O2. The highest BCUT2D eigenvalue weighted by Gasteiger charge is 2.23. The highest BCUT2D eigenvalue weighted by atomic mass is 16.5. The van der Waals surface area contributed by atoms with Crippen molar-refractivity contribution < 1.29 is 9.53 Å². The van der Waals surface area contributed by atoms with Crippen LogP contribution >= 0.6 is 0 Å². The number of carbonyl (C=O) groups is 1. The maximum atomic E-state index is 10.3. The number of carbonyl (C=O) groups excluding carboxylic acids is 1. The average molecular weight is 236 g/mol. The molecule has 0 aliphatic carbocycles. The lowest BCUT2D eigenvalue weighted by Crippen LogP contribution is -2.46. The molecule has 0 spiro atoms. The predicted octanol–water partition coefficient (Wildman–Crippen LogP) is -0.404. The highest BCUT2D eigenvalue weighted by Crippen LogP contribution is 2.19. The summed E-state index contributed by atoms with van der Waals surface area (Å²) in [4.78, 5) is 20.6. The van der Waals surface area contributed by atoms with Crippen LogP contribution in [-0.4, -0.2) is 54.1 Å². The Labute approximate surface area is 100 Å². The lowest BCUT2D eigenvalue weighted by atomic mass is 10.1. The molecule has 6 nitrogen and oxygen atoms in total. The van der Waals surface area contributed by atoms with Crippen molar-refractivity contribution in [2.45, 2.75) is 6.04 Å². The normalized spacial score (nSPS) is 18.6. The van der Waals surface area contributed by atoms with Gasteiger partial charge in [0.25, 0.3) is 6.47 Å². The van der Waals surface area contributed by atoms with Gasteiger partial charge in [-0.2, -0.15) is 0 Å². The van der Waals surface area contributed by atoms with E-state index in [1.54, 1.807) is 12.4 Å². The fourth-order valence-electron chi connectivity index (χ4n) is 2.02. The fourth-order valence-corrected chi connectivity index (χ4v) is 2.02. The van der Waals surface area contributed by atoms with Gasteiger partial charge in [0.15, 0.2) is 0 Å². The molecule has 1 saturated heterocycles. The van der Waals surface area contributed by atoms with Crippen molar-refractivity contribution >= 4 is 6.47 Å². The molecule has 1 unspecified atom stereocenters. The van der Waals surface area contributed by atoms with Crippen molar-refractivity contribution in [3.05, 3.63) is 24.3 Å². The number of ether oxygens (including phenoxy) is 1. The van der Waals surface area contributed by atoms with E-state index in [0.717, 1.165) is 31.7 Å². The second-order valence-corrected chi connectivity index (χ2v) is 3.90. The molecule has 1 aromatic rings. The van der Waals surface area contributed by atoms with Crippen LogP contribution < -0.4 is 5.32 Å². The van der Waals surface area contributed by atoms with Crippen molar-refractivity contribution in [3.8, 4) is 0 Å². The zero-order chi connectivity index (χ0) is 11.9. The van der Waals surface area contributed by atoms with Crippen LogP contribution in [0.1, 0.15) is 11.6 Å². The Balaban J connectivity index is 2.09. The van der Waals surface area contributed by atoms with E-state index in [0.29, 0.717) is 13.1 Å². The number of piperazine rings is 1. The molecule has 0 bridgehead atoms. The van der Waals surface area contributed by atoms with Crippen LogP contribution in [-0.2, 0) is 9.53 Å². The first-order chi connectivity index (χ1) is 8.42. The van der Waals surface area contributed by atoms with Gasteiger partial charge in [0.1, 0.15) is 12.9 Å². The summed E-state index contributed by atoms with van der Waals surface area (Å²) in [7, 11) is 0. The van der Waals surface area contributed by atoms with Crippen molar-refractivity contribution in [1.29, 1.82) is 0 Å². The number of hydrogen-bond donors (Lipinski definition) is 1. The first kappa shape index (κ1) is 11.9. The Hall–Kier alpha value is -1.53. The van der Waals surface area contributed by atoms with Crippen molar-refractivity contribution in [2.24, 2.45) is 0 Å². The molecule has 2 heterocycles. The lowest BCUT2D eigenvalue weighted by Gasteiger charge is -2.34. The minimum Gasteiger partial charge on any atom is -0.466 e. The summed E-state index contributed by atoms with van der Waals surface area (Å²) in [6.07, 6.45) is 5.04. The first-order valence-electron chi connectivity index (χ1n) is 5.66. The molecule has 0 amide bonds. The quantitative estimate of drug-likeness (QED) is 0.701. The van der Waals surface area contributed by atoms with Crippen LogP contribution in [0.3, 0.4) is 0 Å². The van der Waals surface area contributed by atoms with Crippen LogP contribution in [0.2, 0.25) is 0 Å². The molecule has 1 N–H and O–H groups in total. The Morgan fingerprint density at radius 1 is 1.41 bits per heavy atom. The van der Waals surface area contributed by atoms with Gasteiger partial charge in [-0.15, -0.1) is 0 Å². The third-order valence-corrected chi connectivity index (χ3v) is 2.88. The Bertz CT molecular complexity index is 341. The van der Waals surface area contributed by atoms with E-state index in [9.17, 15) is 4.79 Å². The largest absolute Gasteiger partial charge is 0.466 e. The van der Waals surface area contributed by atoms with Crippen molar-refractivity contribution in [3.63, 3.8) is 0 Å². The predicted molar refractivity (Wildman–Crippen MR) is 61.2 cm³/mol. The molecule has 1 aliphatic heterocycles. The number of aromatic nitrogens is 2. The zero-order valence-corrected chi connectivity index (χ0v) is 9.58. The highest BCUT2D eigenvalue weighted by molar-refractivity contribution is 5.37.